The SMILES string of the molecule is COCCn1c(C)cc(C(=O)COC(=O)c2ccc(N3CCOCC3)c([N+](=O)[O-])c2)c1C. The molecule has 0 unspecified atom stereocenters. The first-order chi connectivity index (χ1) is 15.3. The van der Waals surface area contributed by atoms with Gasteiger partial charge < -0.3 is 23.7 Å². The first-order valence-electron chi connectivity index (χ1n) is 10.3. The maximum Gasteiger partial charge on any atom is 0.338 e. The number of aryl methyl sites for hydroxylation is 1. The van der Waals surface area contributed by atoms with Crippen molar-refractivity contribution in [3.63, 3.8) is 0 Å². The van der Waals surface area contributed by atoms with Crippen LogP contribution in [0.3, 0.4) is 0 Å². The van der Waals surface area contributed by atoms with Crippen LogP contribution in [0.2, 0.25) is 0 Å². The van der Waals surface area contributed by atoms with Gasteiger partial charge in [-0.1, -0.05) is 0 Å². The van der Waals surface area contributed by atoms with Gasteiger partial charge in [-0.2, -0.15) is 0 Å². The number of esters is 1. The molecule has 0 N–H and O–H groups in total. The van der Waals surface area contributed by atoms with Crippen molar-refractivity contribution in [3.05, 3.63) is 56.9 Å². The largest absolute Gasteiger partial charge is 0.454 e. The molecule has 10 heteroatoms. The number of aromatic nitrogens is 1. The smallest absolute Gasteiger partial charge is 0.338 e. The van der Waals surface area contributed by atoms with E-state index in [1.54, 1.807) is 13.2 Å². The predicted octanol–water partition coefficient (Wildman–Crippen LogP) is 2.54. The zero-order valence-electron chi connectivity index (χ0n) is 18.5. The van der Waals surface area contributed by atoms with Crippen LogP contribution in [0.1, 0.15) is 32.1 Å². The number of morpholine rings is 1. The normalized spacial score (nSPS) is 13.8. The van der Waals surface area contributed by atoms with Crippen LogP contribution in [0.4, 0.5) is 11.4 Å². The third-order valence-electron chi connectivity index (χ3n) is 5.49. The molecule has 0 amide bonds. The number of nitro benzene ring substituents is 1. The van der Waals surface area contributed by atoms with Crippen LogP contribution in [0.25, 0.3) is 0 Å². The molecule has 0 aliphatic carbocycles. The Kier molecular flexibility index (Phi) is 7.60. The third kappa shape index (κ3) is 5.14. The lowest BCUT2D eigenvalue weighted by atomic mass is 10.1. The Labute approximate surface area is 185 Å². The number of benzene rings is 1. The number of methoxy groups -OCH3 is 1. The molecule has 0 atom stereocenters. The number of nitro groups is 1. The molecule has 0 bridgehead atoms. The summed E-state index contributed by atoms with van der Waals surface area (Å²) in [5.74, 6) is -1.13. The average molecular weight is 445 g/mol. The van der Waals surface area contributed by atoms with E-state index in [-0.39, 0.29) is 17.0 Å². The summed E-state index contributed by atoms with van der Waals surface area (Å²) < 4.78 is 17.5. The van der Waals surface area contributed by atoms with Crippen molar-refractivity contribution in [3.8, 4) is 0 Å². The van der Waals surface area contributed by atoms with E-state index in [0.29, 0.717) is 50.7 Å². The van der Waals surface area contributed by atoms with E-state index in [0.717, 1.165) is 11.4 Å². The van der Waals surface area contributed by atoms with Crippen LogP contribution in [-0.2, 0) is 20.8 Å². The van der Waals surface area contributed by atoms with Crippen LogP contribution in [-0.4, -0.2) is 67.9 Å². The summed E-state index contributed by atoms with van der Waals surface area (Å²) in [4.78, 5) is 38.0. The molecule has 3 rings (SSSR count). The zero-order valence-corrected chi connectivity index (χ0v) is 18.5. The molecule has 2 aromatic rings. The Morgan fingerprint density at radius 3 is 2.56 bits per heavy atom. The molecule has 0 saturated carbocycles. The highest BCUT2D eigenvalue weighted by atomic mass is 16.6. The first-order valence-corrected chi connectivity index (χ1v) is 10.3. The second kappa shape index (κ2) is 10.4. The summed E-state index contributed by atoms with van der Waals surface area (Å²) in [5, 5.41) is 11.6. The van der Waals surface area contributed by atoms with Gasteiger partial charge >= 0.3 is 5.97 Å². The van der Waals surface area contributed by atoms with Crippen LogP contribution in [0, 0.1) is 24.0 Å². The minimum Gasteiger partial charge on any atom is -0.454 e. The maximum atomic E-state index is 12.6. The summed E-state index contributed by atoms with van der Waals surface area (Å²) in [6.07, 6.45) is 0. The Bertz CT molecular complexity index is 1010. The van der Waals surface area contributed by atoms with Gasteiger partial charge in [0, 0.05) is 49.8 Å². The van der Waals surface area contributed by atoms with Gasteiger partial charge in [0.25, 0.3) is 5.69 Å². The number of anilines is 1. The van der Waals surface area contributed by atoms with Gasteiger partial charge in [-0.15, -0.1) is 0 Å². The highest BCUT2D eigenvalue weighted by Gasteiger charge is 2.24. The predicted molar refractivity (Wildman–Crippen MR) is 117 cm³/mol. The van der Waals surface area contributed by atoms with E-state index in [2.05, 4.69) is 0 Å². The number of hydrogen-bond donors (Lipinski definition) is 0. The van der Waals surface area contributed by atoms with E-state index in [4.69, 9.17) is 14.2 Å². The summed E-state index contributed by atoms with van der Waals surface area (Å²) in [7, 11) is 1.61. The molecule has 0 radical (unpaired) electrons. The summed E-state index contributed by atoms with van der Waals surface area (Å²) >= 11 is 0. The summed E-state index contributed by atoms with van der Waals surface area (Å²) in [5.41, 5.74) is 2.41. The van der Waals surface area contributed by atoms with Crippen LogP contribution in [0.5, 0.6) is 0 Å². The number of rotatable bonds is 9. The molecule has 32 heavy (non-hydrogen) atoms. The number of ketones is 1. The van der Waals surface area contributed by atoms with Crippen molar-refractivity contribution >= 4 is 23.1 Å². The van der Waals surface area contributed by atoms with Crippen LogP contribution in [0.15, 0.2) is 24.3 Å². The van der Waals surface area contributed by atoms with E-state index >= 15 is 0 Å². The lowest BCUT2D eigenvalue weighted by molar-refractivity contribution is -0.384. The second-order valence-electron chi connectivity index (χ2n) is 7.49. The van der Waals surface area contributed by atoms with Gasteiger partial charge in [-0.05, 0) is 32.0 Å². The molecule has 1 saturated heterocycles. The molecule has 1 aliphatic heterocycles. The summed E-state index contributed by atoms with van der Waals surface area (Å²) in [6, 6.07) is 5.95. The molecule has 1 aromatic heterocycles. The number of Topliss-reactive ketones (excluding diaryl/α,β-unsaturated/α-hetero) is 1. The molecule has 172 valence electrons. The van der Waals surface area contributed by atoms with Crippen molar-refractivity contribution in [1.29, 1.82) is 0 Å². The fourth-order valence-electron chi connectivity index (χ4n) is 3.77. The van der Waals surface area contributed by atoms with Gasteiger partial charge in [-0.3, -0.25) is 14.9 Å². The zero-order chi connectivity index (χ0) is 23.3. The minimum absolute atomic E-state index is 0.0204. The number of carbonyl (C=O) groups is 2. The minimum atomic E-state index is -0.789. The highest BCUT2D eigenvalue weighted by molar-refractivity contribution is 6.00. The third-order valence-corrected chi connectivity index (χ3v) is 5.49. The first kappa shape index (κ1) is 23.4. The van der Waals surface area contributed by atoms with Gasteiger partial charge in [0.2, 0.25) is 5.78 Å². The molecule has 2 heterocycles. The Hall–Kier alpha value is -3.24. The number of carbonyl (C=O) groups excluding carboxylic acids is 2. The standard InChI is InChI=1S/C22H27N3O7/c1-15-12-18(16(2)24(15)8-9-30-3)21(26)14-32-22(27)17-4-5-19(20(13-17)25(28)29)23-6-10-31-11-7-23/h4-5,12-13H,6-11,14H2,1-3H3. The summed E-state index contributed by atoms with van der Waals surface area (Å²) in [6.45, 7) is 6.41. The average Bonchev–Trinajstić information content (AvgIpc) is 3.09. The maximum absolute atomic E-state index is 12.6. The van der Waals surface area contributed by atoms with Crippen LogP contribution < -0.4 is 4.90 Å². The van der Waals surface area contributed by atoms with Gasteiger partial charge in [-0.25, -0.2) is 4.79 Å². The monoisotopic (exact) mass is 445 g/mol. The Balaban J connectivity index is 1.70. The molecular formula is C22H27N3O7. The molecule has 0 spiro atoms. The van der Waals surface area contributed by atoms with E-state index < -0.39 is 17.5 Å². The number of nitrogens with zero attached hydrogens (tertiary/aromatic N) is 3. The molecule has 10 nitrogen and oxygen atoms in total. The molecule has 1 aromatic carbocycles. The van der Waals surface area contributed by atoms with E-state index in [1.807, 2.05) is 23.3 Å². The fraction of sp³-hybridized carbons (Fsp3) is 0.455. The highest BCUT2D eigenvalue weighted by Crippen LogP contribution is 2.30. The topological polar surface area (TPSA) is 113 Å². The van der Waals surface area contributed by atoms with Crippen molar-refractivity contribution < 1.29 is 28.7 Å². The van der Waals surface area contributed by atoms with Gasteiger partial charge in [0.1, 0.15) is 5.69 Å². The lowest BCUT2D eigenvalue weighted by Crippen LogP contribution is -2.36. The van der Waals surface area contributed by atoms with Crippen molar-refractivity contribution in [1.82, 2.24) is 4.57 Å². The fourth-order valence-corrected chi connectivity index (χ4v) is 3.77. The number of hydrogen-bond acceptors (Lipinski definition) is 8. The van der Waals surface area contributed by atoms with Gasteiger partial charge in [0.05, 0.1) is 30.3 Å². The molecule has 1 aliphatic rings. The molecular weight excluding hydrogens is 418 g/mol. The van der Waals surface area contributed by atoms with Crippen molar-refractivity contribution in [2.24, 2.45) is 0 Å². The van der Waals surface area contributed by atoms with Gasteiger partial charge in [0.15, 0.2) is 6.61 Å². The van der Waals surface area contributed by atoms with E-state index in [9.17, 15) is 19.7 Å². The van der Waals surface area contributed by atoms with Crippen molar-refractivity contribution in [2.45, 2.75) is 20.4 Å². The quantitative estimate of drug-likeness (QED) is 0.250. The Morgan fingerprint density at radius 1 is 1.19 bits per heavy atom. The van der Waals surface area contributed by atoms with Crippen molar-refractivity contribution in [2.75, 3.05) is 51.5 Å². The van der Waals surface area contributed by atoms with Crippen LogP contribution >= 0.6 is 0 Å². The lowest BCUT2D eigenvalue weighted by Gasteiger charge is -2.28. The van der Waals surface area contributed by atoms with E-state index in [1.165, 1.54) is 18.2 Å². The number of ether oxygens (including phenoxy) is 3. The molecule has 1 fully saturated rings. The second-order valence-corrected chi connectivity index (χ2v) is 7.49. The Morgan fingerprint density at radius 2 is 1.91 bits per heavy atom.